The van der Waals surface area contributed by atoms with Gasteiger partial charge in [-0.3, -0.25) is 0 Å². The SMILES string of the molecule is B.[Al+3].[HH].[Li+].[NaH]. The quantitative estimate of drug-likeness (QED) is 0.252. The van der Waals surface area contributed by atoms with E-state index in [4.69, 9.17) is 0 Å². The molecule has 0 rings (SSSR count). The van der Waals surface area contributed by atoms with E-state index >= 15 is 0 Å². The van der Waals surface area contributed by atoms with Crippen molar-refractivity contribution in [2.75, 3.05) is 0 Å². The van der Waals surface area contributed by atoms with Crippen molar-refractivity contribution in [2.24, 2.45) is 0 Å². The van der Waals surface area contributed by atoms with Gasteiger partial charge in [0.1, 0.15) is 0 Å². The van der Waals surface area contributed by atoms with Gasteiger partial charge in [0, 0.05) is 1.43 Å². The third-order valence-electron chi connectivity index (χ3n) is 0. The van der Waals surface area contributed by atoms with Crippen LogP contribution in [0.4, 0.5) is 0 Å². The van der Waals surface area contributed by atoms with Crippen LogP contribution >= 0.6 is 0 Å². The summed E-state index contributed by atoms with van der Waals surface area (Å²) in [6.45, 7) is 0. The molecule has 0 aliphatic rings. The predicted molar refractivity (Wildman–Crippen MR) is 25.0 cm³/mol. The molecule has 0 bridgehead atoms. The fraction of sp³-hybridized carbons (Fsp3) is 0. The second kappa shape index (κ2) is 19.0. The van der Waals surface area contributed by atoms with E-state index in [2.05, 4.69) is 0 Å². The zero-order valence-electron chi connectivity index (χ0n) is 1.58. The Balaban J connectivity index is 0. The standard InChI is InChI=1S/Al.BH3.Li.Na.H2.H/h;1H3;;;1H;/q+3;;+1;;;. The number of rotatable bonds is 0. The zero-order chi connectivity index (χ0) is 0. The van der Waals surface area contributed by atoms with Gasteiger partial charge in [0.2, 0.25) is 0 Å². The Kier molecular flexibility index (Phi) is 165. The number of hydrogen-bond acceptors (Lipinski definition) is 0. The molecule has 0 nitrogen and oxygen atoms in total. The second-order valence-corrected chi connectivity index (χ2v) is 0. The first-order valence-electron chi connectivity index (χ1n) is 0. The molecule has 0 aliphatic carbocycles. The van der Waals surface area contributed by atoms with E-state index in [9.17, 15) is 0 Å². The van der Waals surface area contributed by atoms with Crippen molar-refractivity contribution >= 4 is 55.3 Å². The summed E-state index contributed by atoms with van der Waals surface area (Å²) in [6.07, 6.45) is 0. The predicted octanol–water partition coefficient (Wildman–Crippen LogP) is -4.96. The van der Waals surface area contributed by atoms with Crippen molar-refractivity contribution in [1.29, 1.82) is 0 Å². The van der Waals surface area contributed by atoms with Crippen LogP contribution in [0.25, 0.3) is 0 Å². The molecule has 0 fully saturated rings. The van der Waals surface area contributed by atoms with Crippen molar-refractivity contribution in [2.45, 2.75) is 0 Å². The van der Waals surface area contributed by atoms with Crippen molar-refractivity contribution in [3.63, 3.8) is 0 Å². The molecule has 0 atom stereocenters. The molecule has 0 unspecified atom stereocenters. The summed E-state index contributed by atoms with van der Waals surface area (Å²) in [7, 11) is 0. The molecule has 0 spiro atoms. The maximum atomic E-state index is 0. The van der Waals surface area contributed by atoms with E-state index in [0.29, 0.717) is 0 Å². The summed E-state index contributed by atoms with van der Waals surface area (Å²) in [5.74, 6) is 0. The summed E-state index contributed by atoms with van der Waals surface area (Å²) in [5, 5.41) is 0. The first-order valence-corrected chi connectivity index (χ1v) is 0. The molecule has 0 heterocycles. The average molecular weight is 73.8 g/mol. The molecule has 0 aromatic rings. The molecule has 0 N–H and O–H groups in total. The van der Waals surface area contributed by atoms with Crippen LogP contribution in [-0.4, -0.2) is 55.3 Å². The van der Waals surface area contributed by atoms with E-state index in [1.54, 1.807) is 0 Å². The minimum absolute atomic E-state index is 0. The molecule has 0 radical (unpaired) electrons. The molecule has 0 saturated carbocycles. The van der Waals surface area contributed by atoms with Crippen LogP contribution in [0.1, 0.15) is 1.43 Å². The van der Waals surface area contributed by atoms with Crippen molar-refractivity contribution in [3.8, 4) is 0 Å². The Bertz CT molecular complexity index is 11.6. The minimum atomic E-state index is 0. The molecule has 0 aromatic heterocycles. The van der Waals surface area contributed by atoms with Gasteiger partial charge in [-0.05, 0) is 0 Å². The zero-order valence-corrected chi connectivity index (χ0v) is 2.73. The second-order valence-electron chi connectivity index (χ2n) is 0. The molecule has 4 heavy (non-hydrogen) atoms. The molecule has 4 heteroatoms. The van der Waals surface area contributed by atoms with Gasteiger partial charge in [-0.15, -0.1) is 0 Å². The first-order chi connectivity index (χ1) is 0. The number of hydrogen-bond donors (Lipinski definition) is 0. The van der Waals surface area contributed by atoms with Crippen molar-refractivity contribution in [1.82, 2.24) is 0 Å². The van der Waals surface area contributed by atoms with Gasteiger partial charge in [0.05, 0.1) is 8.41 Å². The molecule has 0 aromatic carbocycles. The van der Waals surface area contributed by atoms with Crippen LogP contribution in [0.3, 0.4) is 0 Å². The third kappa shape index (κ3) is 8.89. The topological polar surface area (TPSA) is 0 Å². The fourth-order valence-corrected chi connectivity index (χ4v) is 0. The van der Waals surface area contributed by atoms with E-state index in [1.165, 1.54) is 0 Å². The molecular formula is H6AlBLiNa+4. The maximum absolute atomic E-state index is 0. The molecule has 10 valence electrons. The summed E-state index contributed by atoms with van der Waals surface area (Å²) < 4.78 is 0. The van der Waals surface area contributed by atoms with Gasteiger partial charge in [0.25, 0.3) is 0 Å². The summed E-state index contributed by atoms with van der Waals surface area (Å²) in [6, 6.07) is 0. The summed E-state index contributed by atoms with van der Waals surface area (Å²) in [4.78, 5) is 0. The molecule has 0 amide bonds. The van der Waals surface area contributed by atoms with Crippen LogP contribution in [0, 0.1) is 0 Å². The Morgan fingerprint density at radius 1 is 1.25 bits per heavy atom. The van der Waals surface area contributed by atoms with Gasteiger partial charge < -0.3 is 0 Å². The van der Waals surface area contributed by atoms with E-state index < -0.39 is 0 Å². The molecular weight excluding hydrogens is 67.7 g/mol. The van der Waals surface area contributed by atoms with Crippen LogP contribution in [0.2, 0.25) is 0 Å². The first kappa shape index (κ1) is 34.7. The fourth-order valence-electron chi connectivity index (χ4n) is 0. The summed E-state index contributed by atoms with van der Waals surface area (Å²) >= 11 is 0. The Morgan fingerprint density at radius 2 is 1.25 bits per heavy atom. The Hall–Kier alpha value is 2.19. The van der Waals surface area contributed by atoms with Gasteiger partial charge >= 0.3 is 65.8 Å². The van der Waals surface area contributed by atoms with Gasteiger partial charge in [0.15, 0.2) is 0 Å². The normalized spacial score (nSPS) is 0. The van der Waals surface area contributed by atoms with Crippen LogP contribution in [0.5, 0.6) is 0 Å². The van der Waals surface area contributed by atoms with Gasteiger partial charge in [-0.2, -0.15) is 0 Å². The monoisotopic (exact) mass is 74.0 g/mol. The van der Waals surface area contributed by atoms with Gasteiger partial charge in [-0.25, -0.2) is 0 Å². The Labute approximate surface area is 74.8 Å². The molecule has 0 aliphatic heterocycles. The van der Waals surface area contributed by atoms with Crippen LogP contribution in [-0.2, 0) is 0 Å². The van der Waals surface area contributed by atoms with Crippen molar-refractivity contribution in [3.05, 3.63) is 0 Å². The third-order valence-corrected chi connectivity index (χ3v) is 0. The van der Waals surface area contributed by atoms with E-state index in [0.717, 1.165) is 0 Å². The summed E-state index contributed by atoms with van der Waals surface area (Å²) in [5.41, 5.74) is 0. The van der Waals surface area contributed by atoms with Crippen molar-refractivity contribution < 1.29 is 20.3 Å². The van der Waals surface area contributed by atoms with Crippen LogP contribution in [0.15, 0.2) is 0 Å². The van der Waals surface area contributed by atoms with Crippen LogP contribution < -0.4 is 18.9 Å². The van der Waals surface area contributed by atoms with Gasteiger partial charge in [-0.1, -0.05) is 0 Å². The Morgan fingerprint density at radius 3 is 1.25 bits per heavy atom. The van der Waals surface area contributed by atoms with E-state index in [1.807, 2.05) is 0 Å². The average Bonchev–Trinajstić information content (AvgIpc) is 0. The van der Waals surface area contributed by atoms with E-state index in [-0.39, 0.29) is 75.6 Å². The molecule has 0 saturated heterocycles.